The number of hydrogen-bond donors (Lipinski definition) is 0. The molecule has 174 valence electrons. The molecule has 5 heteroatoms. The van der Waals surface area contributed by atoms with E-state index in [0.29, 0.717) is 15.4 Å². The summed E-state index contributed by atoms with van der Waals surface area (Å²) in [7, 11) is -1.49. The van der Waals surface area contributed by atoms with E-state index in [0.717, 1.165) is 28.8 Å². The largest absolute Gasteiger partial charge is 0.416 e. The Balaban J connectivity index is 1.82. The zero-order chi connectivity index (χ0) is 24.5. The van der Waals surface area contributed by atoms with Crippen molar-refractivity contribution in [2.75, 3.05) is 0 Å². The van der Waals surface area contributed by atoms with Crippen LogP contribution in [-0.4, -0.2) is 4.21 Å². The fourth-order valence-corrected chi connectivity index (χ4v) is 5.94. The molecule has 0 aromatic heterocycles. The van der Waals surface area contributed by atoms with Crippen molar-refractivity contribution in [1.82, 2.24) is 0 Å². The van der Waals surface area contributed by atoms with Gasteiger partial charge in [-0.2, -0.15) is 13.2 Å². The molecule has 0 aliphatic carbocycles. The van der Waals surface area contributed by atoms with Gasteiger partial charge in [0.05, 0.1) is 21.8 Å². The SMILES string of the molecule is O=S1C(c2ccccc2)=CC(c2ccccc2)(c2ccc(C(F)(F)F)cc2)C=C1c1ccccc1. The van der Waals surface area contributed by atoms with Crippen LogP contribution in [0.2, 0.25) is 0 Å². The number of rotatable bonds is 4. The van der Waals surface area contributed by atoms with Gasteiger partial charge in [-0.05, 0) is 46.5 Å². The van der Waals surface area contributed by atoms with Crippen LogP contribution in [0.1, 0.15) is 27.8 Å². The molecule has 1 nitrogen and oxygen atoms in total. The van der Waals surface area contributed by atoms with Crippen LogP contribution in [0, 0.1) is 0 Å². The molecule has 5 rings (SSSR count). The third-order valence-electron chi connectivity index (χ3n) is 6.17. The summed E-state index contributed by atoms with van der Waals surface area (Å²) in [5, 5.41) is 0. The highest BCUT2D eigenvalue weighted by Gasteiger charge is 2.38. The molecule has 0 bridgehead atoms. The van der Waals surface area contributed by atoms with E-state index in [1.165, 1.54) is 12.1 Å². The lowest BCUT2D eigenvalue weighted by Gasteiger charge is -2.35. The van der Waals surface area contributed by atoms with Crippen molar-refractivity contribution in [3.8, 4) is 0 Å². The van der Waals surface area contributed by atoms with Gasteiger partial charge in [-0.25, -0.2) is 4.21 Å². The Kier molecular flexibility index (Phi) is 6.03. The molecule has 0 radical (unpaired) electrons. The summed E-state index contributed by atoms with van der Waals surface area (Å²) in [6.07, 6.45) is -0.561. The molecule has 0 amide bonds. The second-order valence-corrected chi connectivity index (χ2v) is 9.75. The minimum Gasteiger partial charge on any atom is -0.249 e. The van der Waals surface area contributed by atoms with Crippen LogP contribution in [-0.2, 0) is 22.4 Å². The normalized spacial score (nSPS) is 20.1. The minimum atomic E-state index is -4.43. The van der Waals surface area contributed by atoms with E-state index in [1.807, 2.05) is 103 Å². The number of alkyl halides is 3. The Morgan fingerprint density at radius 1 is 0.543 bits per heavy atom. The van der Waals surface area contributed by atoms with Gasteiger partial charge in [-0.1, -0.05) is 103 Å². The Morgan fingerprint density at radius 2 is 0.943 bits per heavy atom. The second kappa shape index (κ2) is 9.16. The fourth-order valence-electron chi connectivity index (χ4n) is 4.42. The number of allylic oxidation sites excluding steroid dienone is 2. The molecule has 0 atom stereocenters. The molecule has 0 saturated heterocycles. The van der Waals surface area contributed by atoms with Crippen molar-refractivity contribution in [2.24, 2.45) is 0 Å². The minimum absolute atomic E-state index is 0.621. The van der Waals surface area contributed by atoms with Gasteiger partial charge in [-0.3, -0.25) is 0 Å². The molecular formula is C30H21F3OS. The number of halogens is 3. The highest BCUT2D eigenvalue weighted by atomic mass is 32.2. The summed E-state index contributed by atoms with van der Waals surface area (Å²) in [6, 6.07) is 33.8. The molecule has 35 heavy (non-hydrogen) atoms. The molecule has 0 N–H and O–H groups in total. The molecule has 0 fully saturated rings. The third-order valence-corrected chi connectivity index (χ3v) is 7.68. The van der Waals surface area contributed by atoms with Gasteiger partial charge in [0.2, 0.25) is 0 Å². The molecule has 0 saturated carbocycles. The highest BCUT2D eigenvalue weighted by Crippen LogP contribution is 2.47. The summed E-state index contributed by atoms with van der Waals surface area (Å²) in [4.78, 5) is 1.24. The van der Waals surface area contributed by atoms with Crippen LogP contribution in [0.15, 0.2) is 127 Å². The van der Waals surface area contributed by atoms with E-state index in [2.05, 4.69) is 0 Å². The first-order valence-electron chi connectivity index (χ1n) is 11.1. The molecule has 1 aliphatic heterocycles. The van der Waals surface area contributed by atoms with Crippen molar-refractivity contribution in [2.45, 2.75) is 11.6 Å². The summed E-state index contributed by atoms with van der Waals surface area (Å²) >= 11 is 0. The molecule has 4 aromatic rings. The molecule has 0 unspecified atom stereocenters. The number of benzene rings is 4. The summed E-state index contributed by atoms with van der Waals surface area (Å²) in [6.45, 7) is 0. The highest BCUT2D eigenvalue weighted by molar-refractivity contribution is 8.03. The zero-order valence-corrected chi connectivity index (χ0v) is 19.4. The topological polar surface area (TPSA) is 17.1 Å². The molecule has 0 spiro atoms. The lowest BCUT2D eigenvalue weighted by Crippen LogP contribution is -2.27. The third kappa shape index (κ3) is 4.40. The number of hydrogen-bond acceptors (Lipinski definition) is 1. The zero-order valence-electron chi connectivity index (χ0n) is 18.6. The van der Waals surface area contributed by atoms with E-state index in [1.54, 1.807) is 0 Å². The summed E-state index contributed by atoms with van der Waals surface area (Å²) in [5.41, 5.74) is 1.52. The van der Waals surface area contributed by atoms with Crippen molar-refractivity contribution in [1.29, 1.82) is 0 Å². The quantitative estimate of drug-likeness (QED) is 0.287. The van der Waals surface area contributed by atoms with Gasteiger partial charge in [0.25, 0.3) is 0 Å². The Morgan fingerprint density at radius 3 is 1.37 bits per heavy atom. The maximum absolute atomic E-state index is 13.9. The van der Waals surface area contributed by atoms with Crippen LogP contribution in [0.5, 0.6) is 0 Å². The second-order valence-electron chi connectivity index (χ2n) is 8.33. The average Bonchev–Trinajstić information content (AvgIpc) is 2.90. The van der Waals surface area contributed by atoms with Crippen molar-refractivity contribution in [3.05, 3.63) is 155 Å². The smallest absolute Gasteiger partial charge is 0.249 e. The fraction of sp³-hybridized carbons (Fsp3) is 0.0667. The lowest BCUT2D eigenvalue weighted by atomic mass is 9.73. The predicted molar refractivity (Wildman–Crippen MR) is 136 cm³/mol. The van der Waals surface area contributed by atoms with Gasteiger partial charge in [-0.15, -0.1) is 0 Å². The summed E-state index contributed by atoms with van der Waals surface area (Å²) < 4.78 is 53.9. The molecule has 1 heterocycles. The standard InChI is InChI=1S/C30H21F3OS/c31-30(32,33)26-18-16-25(17-19-26)29(24-14-8-3-9-15-24)20-27(22-10-4-1-5-11-22)35(34)28(21-29)23-12-6-2-7-13-23/h1-21H. The van der Waals surface area contributed by atoms with Crippen molar-refractivity contribution in [3.63, 3.8) is 0 Å². The van der Waals surface area contributed by atoms with E-state index in [9.17, 15) is 17.4 Å². The Bertz CT molecular complexity index is 1350. The Hall–Kier alpha value is -3.70. The van der Waals surface area contributed by atoms with Gasteiger partial charge in [0.15, 0.2) is 0 Å². The molecule has 4 aromatic carbocycles. The maximum Gasteiger partial charge on any atom is 0.416 e. The summed E-state index contributed by atoms with van der Waals surface area (Å²) in [5.74, 6) is 0. The predicted octanol–water partition coefficient (Wildman–Crippen LogP) is 7.84. The van der Waals surface area contributed by atoms with Crippen LogP contribution in [0.25, 0.3) is 9.81 Å². The van der Waals surface area contributed by atoms with Crippen molar-refractivity contribution < 1.29 is 17.4 Å². The molecule has 1 aliphatic rings. The van der Waals surface area contributed by atoms with Crippen LogP contribution >= 0.6 is 0 Å². The van der Waals surface area contributed by atoms with E-state index in [-0.39, 0.29) is 0 Å². The Labute approximate surface area is 204 Å². The first-order chi connectivity index (χ1) is 16.9. The van der Waals surface area contributed by atoms with Gasteiger partial charge >= 0.3 is 6.18 Å². The van der Waals surface area contributed by atoms with E-state index >= 15 is 0 Å². The van der Waals surface area contributed by atoms with Gasteiger partial charge < -0.3 is 0 Å². The maximum atomic E-state index is 13.9. The average molecular weight is 487 g/mol. The van der Waals surface area contributed by atoms with Crippen LogP contribution in [0.4, 0.5) is 13.2 Å². The van der Waals surface area contributed by atoms with Crippen LogP contribution in [0.3, 0.4) is 0 Å². The van der Waals surface area contributed by atoms with Gasteiger partial charge in [0.1, 0.15) is 0 Å². The molecular weight excluding hydrogens is 465 g/mol. The first kappa shape index (κ1) is 23.1. The lowest BCUT2D eigenvalue weighted by molar-refractivity contribution is -0.137. The van der Waals surface area contributed by atoms with E-state index in [4.69, 9.17) is 0 Å². The van der Waals surface area contributed by atoms with Crippen LogP contribution < -0.4 is 0 Å². The van der Waals surface area contributed by atoms with Gasteiger partial charge in [0, 0.05) is 9.81 Å². The van der Waals surface area contributed by atoms with E-state index < -0.39 is 28.0 Å². The monoisotopic (exact) mass is 486 g/mol. The first-order valence-corrected chi connectivity index (χ1v) is 12.2. The van der Waals surface area contributed by atoms with Crippen molar-refractivity contribution >= 4 is 20.6 Å².